The van der Waals surface area contributed by atoms with E-state index in [1.54, 1.807) is 19.2 Å². The number of hydrogen-bond donors (Lipinski definition) is 0. The SMILES string of the molecule is COc1cc(Cl)c2sc(C=O)cc2c1. The van der Waals surface area contributed by atoms with Crippen LogP contribution in [-0.4, -0.2) is 13.4 Å². The van der Waals surface area contributed by atoms with Gasteiger partial charge in [-0.25, -0.2) is 0 Å². The summed E-state index contributed by atoms with van der Waals surface area (Å²) in [5.41, 5.74) is 0. The fourth-order valence-electron chi connectivity index (χ4n) is 1.28. The third kappa shape index (κ3) is 1.49. The summed E-state index contributed by atoms with van der Waals surface area (Å²) in [4.78, 5) is 11.3. The lowest BCUT2D eigenvalue weighted by Gasteiger charge is -2.00. The molecule has 2 rings (SSSR count). The number of fused-ring (bicyclic) bond motifs is 1. The van der Waals surface area contributed by atoms with E-state index in [2.05, 4.69) is 0 Å². The number of rotatable bonds is 2. The van der Waals surface area contributed by atoms with E-state index in [1.807, 2.05) is 6.07 Å². The van der Waals surface area contributed by atoms with Crippen molar-refractivity contribution in [3.63, 3.8) is 0 Å². The zero-order valence-electron chi connectivity index (χ0n) is 7.41. The molecule has 0 atom stereocenters. The summed E-state index contributed by atoms with van der Waals surface area (Å²) in [6, 6.07) is 5.42. The van der Waals surface area contributed by atoms with E-state index in [4.69, 9.17) is 16.3 Å². The fourth-order valence-corrected chi connectivity index (χ4v) is 2.47. The molecule has 0 bridgehead atoms. The van der Waals surface area contributed by atoms with Crippen molar-refractivity contribution in [2.45, 2.75) is 0 Å². The summed E-state index contributed by atoms with van der Waals surface area (Å²) in [6.07, 6.45) is 0.827. The summed E-state index contributed by atoms with van der Waals surface area (Å²) < 4.78 is 6.00. The number of benzene rings is 1. The number of hydrogen-bond acceptors (Lipinski definition) is 3. The van der Waals surface area contributed by atoms with Crippen molar-refractivity contribution in [2.24, 2.45) is 0 Å². The number of halogens is 1. The highest BCUT2D eigenvalue weighted by atomic mass is 35.5. The number of methoxy groups -OCH3 is 1. The number of carbonyl (C=O) groups excluding carboxylic acids is 1. The maximum atomic E-state index is 10.6. The first kappa shape index (κ1) is 9.49. The van der Waals surface area contributed by atoms with Crippen molar-refractivity contribution in [3.8, 4) is 5.75 Å². The standard InChI is InChI=1S/C10H7ClO2S/c1-13-7-2-6-3-8(5-12)14-10(6)9(11)4-7/h2-5H,1H3. The van der Waals surface area contributed by atoms with Crippen molar-refractivity contribution in [2.75, 3.05) is 7.11 Å². The summed E-state index contributed by atoms with van der Waals surface area (Å²) in [5, 5.41) is 1.57. The minimum absolute atomic E-state index is 0.623. The van der Waals surface area contributed by atoms with Gasteiger partial charge in [-0.15, -0.1) is 11.3 Å². The van der Waals surface area contributed by atoms with Crippen LogP contribution < -0.4 is 4.74 Å². The first-order chi connectivity index (χ1) is 6.74. The molecule has 0 aliphatic carbocycles. The predicted octanol–water partition coefficient (Wildman–Crippen LogP) is 3.38. The molecule has 2 nitrogen and oxygen atoms in total. The van der Waals surface area contributed by atoms with Gasteiger partial charge >= 0.3 is 0 Å². The lowest BCUT2D eigenvalue weighted by Crippen LogP contribution is -1.81. The number of aldehydes is 1. The van der Waals surface area contributed by atoms with E-state index < -0.39 is 0 Å². The van der Waals surface area contributed by atoms with Gasteiger partial charge in [0.1, 0.15) is 5.75 Å². The second-order valence-corrected chi connectivity index (χ2v) is 4.29. The molecule has 0 saturated carbocycles. The number of ether oxygens (including phenoxy) is 1. The summed E-state index contributed by atoms with van der Waals surface area (Å²) in [7, 11) is 1.59. The van der Waals surface area contributed by atoms with Gasteiger partial charge in [0.15, 0.2) is 6.29 Å². The molecular weight excluding hydrogens is 220 g/mol. The Hall–Kier alpha value is -1.06. The van der Waals surface area contributed by atoms with Crippen molar-refractivity contribution in [1.29, 1.82) is 0 Å². The molecule has 0 spiro atoms. The van der Waals surface area contributed by atoms with E-state index >= 15 is 0 Å². The molecule has 0 amide bonds. The molecule has 0 radical (unpaired) electrons. The molecule has 1 aromatic carbocycles. The van der Waals surface area contributed by atoms with Crippen LogP contribution in [0.5, 0.6) is 5.75 Å². The minimum atomic E-state index is 0.623. The van der Waals surface area contributed by atoms with Gasteiger partial charge in [0, 0.05) is 6.07 Å². The Kier molecular flexibility index (Phi) is 2.44. The zero-order valence-corrected chi connectivity index (χ0v) is 8.98. The second kappa shape index (κ2) is 3.59. The summed E-state index contributed by atoms with van der Waals surface area (Å²) >= 11 is 7.41. The number of carbonyl (C=O) groups is 1. The van der Waals surface area contributed by atoms with Crippen LogP contribution in [0, 0.1) is 0 Å². The molecule has 14 heavy (non-hydrogen) atoms. The van der Waals surface area contributed by atoms with Crippen LogP contribution >= 0.6 is 22.9 Å². The Morgan fingerprint density at radius 2 is 2.21 bits per heavy atom. The lowest BCUT2D eigenvalue weighted by molar-refractivity contribution is 0.112. The molecule has 4 heteroatoms. The van der Waals surface area contributed by atoms with Gasteiger partial charge in [0.25, 0.3) is 0 Å². The normalized spacial score (nSPS) is 10.4. The van der Waals surface area contributed by atoms with Crippen molar-refractivity contribution >= 4 is 39.3 Å². The summed E-state index contributed by atoms with van der Waals surface area (Å²) in [5.74, 6) is 0.706. The molecule has 0 N–H and O–H groups in total. The van der Waals surface area contributed by atoms with E-state index in [1.165, 1.54) is 11.3 Å². The van der Waals surface area contributed by atoms with Gasteiger partial charge in [-0.2, -0.15) is 0 Å². The Bertz CT molecular complexity index is 490. The monoisotopic (exact) mass is 226 g/mol. The van der Waals surface area contributed by atoms with Crippen LogP contribution in [0.3, 0.4) is 0 Å². The topological polar surface area (TPSA) is 26.3 Å². The van der Waals surface area contributed by atoms with Crippen LogP contribution in [0.2, 0.25) is 5.02 Å². The quantitative estimate of drug-likeness (QED) is 0.734. The molecule has 0 unspecified atom stereocenters. The van der Waals surface area contributed by atoms with Crippen LogP contribution in [0.25, 0.3) is 10.1 Å². The third-order valence-electron chi connectivity index (χ3n) is 1.92. The second-order valence-electron chi connectivity index (χ2n) is 2.79. The first-order valence-electron chi connectivity index (χ1n) is 3.97. The maximum absolute atomic E-state index is 10.6. The smallest absolute Gasteiger partial charge is 0.160 e. The van der Waals surface area contributed by atoms with Gasteiger partial charge in [-0.05, 0) is 17.5 Å². The Morgan fingerprint density at radius 1 is 1.43 bits per heavy atom. The molecule has 1 aromatic heterocycles. The Balaban J connectivity index is 2.73. The molecule has 72 valence electrons. The van der Waals surface area contributed by atoms with Crippen molar-refractivity contribution in [1.82, 2.24) is 0 Å². The van der Waals surface area contributed by atoms with Crippen molar-refractivity contribution < 1.29 is 9.53 Å². The maximum Gasteiger partial charge on any atom is 0.160 e. The molecule has 0 aliphatic heterocycles. The van der Waals surface area contributed by atoms with E-state index in [9.17, 15) is 4.79 Å². The Labute approximate surface area is 90.1 Å². The molecule has 0 fully saturated rings. The lowest BCUT2D eigenvalue weighted by atomic mass is 10.2. The highest BCUT2D eigenvalue weighted by Crippen LogP contribution is 2.34. The van der Waals surface area contributed by atoms with Crippen molar-refractivity contribution in [3.05, 3.63) is 28.1 Å². The molecule has 0 aliphatic rings. The first-order valence-corrected chi connectivity index (χ1v) is 5.16. The Morgan fingerprint density at radius 3 is 2.86 bits per heavy atom. The van der Waals surface area contributed by atoms with Gasteiger partial charge < -0.3 is 4.74 Å². The average molecular weight is 227 g/mol. The van der Waals surface area contributed by atoms with Gasteiger partial charge in [0.2, 0.25) is 0 Å². The zero-order chi connectivity index (χ0) is 10.1. The molecule has 1 heterocycles. The fraction of sp³-hybridized carbons (Fsp3) is 0.100. The van der Waals surface area contributed by atoms with Gasteiger partial charge in [-0.3, -0.25) is 4.79 Å². The van der Waals surface area contributed by atoms with E-state index in [0.29, 0.717) is 15.6 Å². The molecule has 0 saturated heterocycles. The van der Waals surface area contributed by atoms with Gasteiger partial charge in [0.05, 0.1) is 21.7 Å². The number of thiophene rings is 1. The predicted molar refractivity (Wildman–Crippen MR) is 58.8 cm³/mol. The van der Waals surface area contributed by atoms with E-state index in [-0.39, 0.29) is 0 Å². The highest BCUT2D eigenvalue weighted by molar-refractivity contribution is 7.21. The van der Waals surface area contributed by atoms with Crippen LogP contribution in [0.1, 0.15) is 9.67 Å². The summed E-state index contributed by atoms with van der Waals surface area (Å²) in [6.45, 7) is 0. The highest BCUT2D eigenvalue weighted by Gasteiger charge is 2.06. The van der Waals surface area contributed by atoms with Crippen LogP contribution in [-0.2, 0) is 0 Å². The van der Waals surface area contributed by atoms with Crippen LogP contribution in [0.15, 0.2) is 18.2 Å². The largest absolute Gasteiger partial charge is 0.497 e. The van der Waals surface area contributed by atoms with Crippen LogP contribution in [0.4, 0.5) is 0 Å². The minimum Gasteiger partial charge on any atom is -0.497 e. The molecule has 2 aromatic rings. The molecular formula is C10H7ClO2S. The van der Waals surface area contributed by atoms with Gasteiger partial charge in [-0.1, -0.05) is 11.6 Å². The third-order valence-corrected chi connectivity index (χ3v) is 3.44. The average Bonchev–Trinajstić information content (AvgIpc) is 2.61. The van der Waals surface area contributed by atoms with E-state index in [0.717, 1.165) is 16.4 Å².